The van der Waals surface area contributed by atoms with Gasteiger partial charge in [-0.1, -0.05) is 148 Å². The molecule has 1 atom stereocenters. The van der Waals surface area contributed by atoms with Crippen LogP contribution in [0.5, 0.6) is 0 Å². The maximum absolute atomic E-state index is 13.6. The van der Waals surface area contributed by atoms with Crippen molar-refractivity contribution in [2.24, 2.45) is 5.92 Å². The molecule has 0 saturated heterocycles. The van der Waals surface area contributed by atoms with Gasteiger partial charge < -0.3 is 25.2 Å². The third-order valence-corrected chi connectivity index (χ3v) is 13.5. The third-order valence-electron chi connectivity index (χ3n) is 12.3. The summed E-state index contributed by atoms with van der Waals surface area (Å²) in [5.74, 6) is -0.125. The number of anilines is 1. The molecule has 356 valence electrons. The molecule has 9 nitrogen and oxygen atoms in total. The van der Waals surface area contributed by atoms with E-state index in [1.165, 1.54) is 120 Å². The number of likely N-dealkylation sites (N-methyl/N-ethyl adjacent to an activating group) is 1. The van der Waals surface area contributed by atoms with Crippen LogP contribution in [0.15, 0.2) is 12.2 Å². The van der Waals surface area contributed by atoms with Crippen molar-refractivity contribution in [2.75, 3.05) is 45.7 Å². The van der Waals surface area contributed by atoms with Gasteiger partial charge in [0.1, 0.15) is 5.00 Å². The third kappa shape index (κ3) is 25.5. The molecule has 0 spiro atoms. The molecule has 2 rings (SSSR count). The molecule has 0 bridgehead atoms. The van der Waals surface area contributed by atoms with E-state index in [9.17, 15) is 19.2 Å². The van der Waals surface area contributed by atoms with Gasteiger partial charge in [-0.05, 0) is 90.3 Å². The molecular weight excluding hydrogens is 793 g/mol. The Bertz CT molecular complexity index is 1380. The summed E-state index contributed by atoms with van der Waals surface area (Å²) in [6.07, 6.45) is 38.2. The van der Waals surface area contributed by atoms with Crippen molar-refractivity contribution in [1.82, 2.24) is 15.1 Å². The number of allylic oxidation sites excluding steroid dienone is 2. The second-order valence-corrected chi connectivity index (χ2v) is 19.4. The summed E-state index contributed by atoms with van der Waals surface area (Å²) in [6, 6.07) is 0. The summed E-state index contributed by atoms with van der Waals surface area (Å²) < 4.78 is 5.78. The number of fused-ring (bicyclic) bond motifs is 1. The van der Waals surface area contributed by atoms with Gasteiger partial charge in [0.15, 0.2) is 0 Å². The van der Waals surface area contributed by atoms with Crippen LogP contribution in [0, 0.1) is 5.92 Å². The zero-order valence-electron chi connectivity index (χ0n) is 40.5. The lowest BCUT2D eigenvalue weighted by Crippen LogP contribution is -2.36. The number of nitrogens with zero attached hydrogens (tertiary/aromatic N) is 2. The Morgan fingerprint density at radius 1 is 0.694 bits per heavy atom. The molecule has 1 unspecified atom stereocenters. The van der Waals surface area contributed by atoms with E-state index in [0.29, 0.717) is 56.1 Å². The Kier molecular flexibility index (Phi) is 32.7. The first-order valence-corrected chi connectivity index (χ1v) is 26.5. The van der Waals surface area contributed by atoms with Crippen LogP contribution in [0.3, 0.4) is 0 Å². The molecule has 10 heteroatoms. The standard InChI is InChI=1S/C52H92N4O5S/c1-6-9-12-15-17-18-19-20-21-22-23-24-25-27-31-36-47(57)54-51-49(50(59)53-39-41-55(4)5)45-38-40-56(43-46(45)62-51)48(58)37-32-28-33-42-61-52(60)44(34-29-14-11-8-3)35-30-26-16-13-10-7-2/h20-21,44H,6-19,22-43H2,1-5H3,(H,53,59)(H,54,57)/b21-20-. The highest BCUT2D eigenvalue weighted by Crippen LogP contribution is 2.37. The number of amides is 3. The van der Waals surface area contributed by atoms with Gasteiger partial charge >= 0.3 is 5.97 Å². The summed E-state index contributed by atoms with van der Waals surface area (Å²) in [6.45, 7) is 9.38. The van der Waals surface area contributed by atoms with E-state index in [2.05, 4.69) is 43.6 Å². The van der Waals surface area contributed by atoms with Crippen molar-refractivity contribution in [3.8, 4) is 0 Å². The fourth-order valence-corrected chi connectivity index (χ4v) is 9.62. The van der Waals surface area contributed by atoms with Crippen molar-refractivity contribution >= 4 is 40.0 Å². The highest BCUT2D eigenvalue weighted by Gasteiger charge is 2.30. The number of thiophene rings is 1. The average molecular weight is 885 g/mol. The molecule has 1 aromatic rings. The second kappa shape index (κ2) is 36.6. The first kappa shape index (κ1) is 55.4. The average Bonchev–Trinajstić information content (AvgIpc) is 3.61. The summed E-state index contributed by atoms with van der Waals surface area (Å²) in [4.78, 5) is 58.1. The van der Waals surface area contributed by atoms with Crippen LogP contribution in [-0.4, -0.2) is 73.8 Å². The van der Waals surface area contributed by atoms with Gasteiger partial charge in [-0.25, -0.2) is 0 Å². The predicted molar refractivity (Wildman–Crippen MR) is 262 cm³/mol. The van der Waals surface area contributed by atoms with Crippen molar-refractivity contribution < 1.29 is 23.9 Å². The number of nitrogens with one attached hydrogen (secondary N) is 2. The lowest BCUT2D eigenvalue weighted by atomic mass is 9.94. The van der Waals surface area contributed by atoms with Gasteiger partial charge in [-0.2, -0.15) is 0 Å². The van der Waals surface area contributed by atoms with Crippen LogP contribution >= 0.6 is 11.3 Å². The summed E-state index contributed by atoms with van der Waals surface area (Å²) >= 11 is 1.45. The monoisotopic (exact) mass is 885 g/mol. The number of carbonyl (C=O) groups excluding carboxylic acids is 4. The summed E-state index contributed by atoms with van der Waals surface area (Å²) in [5.41, 5.74) is 1.53. The number of carbonyl (C=O) groups is 4. The summed E-state index contributed by atoms with van der Waals surface area (Å²) in [7, 11) is 3.95. The zero-order valence-corrected chi connectivity index (χ0v) is 41.3. The fourth-order valence-electron chi connectivity index (χ4n) is 8.34. The zero-order chi connectivity index (χ0) is 45.0. The van der Waals surface area contributed by atoms with Gasteiger partial charge in [0.05, 0.1) is 24.6 Å². The van der Waals surface area contributed by atoms with Crippen LogP contribution in [0.1, 0.15) is 234 Å². The Labute approximate surface area is 383 Å². The Morgan fingerprint density at radius 3 is 1.84 bits per heavy atom. The van der Waals surface area contributed by atoms with Crippen LogP contribution in [0.4, 0.5) is 5.00 Å². The molecule has 0 fully saturated rings. The molecule has 0 saturated carbocycles. The Balaban J connectivity index is 1.80. The second-order valence-electron chi connectivity index (χ2n) is 18.3. The number of unbranched alkanes of at least 4 members (excludes halogenated alkanes) is 21. The van der Waals surface area contributed by atoms with E-state index in [0.717, 1.165) is 87.6 Å². The molecular formula is C52H92N4O5S. The van der Waals surface area contributed by atoms with E-state index in [-0.39, 0.29) is 29.6 Å². The number of rotatable bonds is 39. The minimum atomic E-state index is -0.161. The number of ether oxygens (including phenoxy) is 1. The largest absolute Gasteiger partial charge is 0.465 e. The number of hydrogen-bond acceptors (Lipinski definition) is 7. The van der Waals surface area contributed by atoms with Crippen LogP contribution in [-0.2, 0) is 32.1 Å². The predicted octanol–water partition coefficient (Wildman–Crippen LogP) is 13.3. The Morgan fingerprint density at radius 2 is 1.23 bits per heavy atom. The SMILES string of the molecule is CCCCCCCC/C=C\CCCCCCCC(=O)Nc1sc2c(c1C(=O)NCCN(C)C)CCN(C(=O)CCCCCOC(=O)C(CCCCCC)CCCCCCCC)C2. The van der Waals surface area contributed by atoms with Crippen LogP contribution < -0.4 is 10.6 Å². The summed E-state index contributed by atoms with van der Waals surface area (Å²) in [5, 5.41) is 6.77. The highest BCUT2D eigenvalue weighted by molar-refractivity contribution is 7.17. The van der Waals surface area contributed by atoms with Crippen molar-refractivity contribution in [3.05, 3.63) is 28.2 Å². The van der Waals surface area contributed by atoms with Gasteiger partial charge in [0.25, 0.3) is 5.91 Å². The first-order valence-electron chi connectivity index (χ1n) is 25.7. The van der Waals surface area contributed by atoms with Gasteiger partial charge in [-0.15, -0.1) is 11.3 Å². The van der Waals surface area contributed by atoms with Gasteiger partial charge in [0.2, 0.25) is 11.8 Å². The first-order chi connectivity index (χ1) is 30.2. The molecule has 2 N–H and O–H groups in total. The quantitative estimate of drug-likeness (QED) is 0.0387. The number of hydrogen-bond donors (Lipinski definition) is 2. The molecule has 3 amide bonds. The smallest absolute Gasteiger partial charge is 0.308 e. The van der Waals surface area contributed by atoms with E-state index in [4.69, 9.17) is 4.74 Å². The molecule has 62 heavy (non-hydrogen) atoms. The van der Waals surface area contributed by atoms with Crippen molar-refractivity contribution in [3.63, 3.8) is 0 Å². The lowest BCUT2D eigenvalue weighted by Gasteiger charge is -2.27. The number of esters is 1. The molecule has 0 radical (unpaired) electrons. The minimum absolute atomic E-state index is 0.0105. The van der Waals surface area contributed by atoms with E-state index < -0.39 is 0 Å². The molecule has 1 aromatic heterocycles. The highest BCUT2D eigenvalue weighted by atomic mass is 32.1. The fraction of sp³-hybridized carbons (Fsp3) is 0.808. The van der Waals surface area contributed by atoms with E-state index in [1.54, 1.807) is 0 Å². The van der Waals surface area contributed by atoms with Crippen molar-refractivity contribution in [1.29, 1.82) is 0 Å². The molecule has 1 aliphatic rings. The maximum atomic E-state index is 13.6. The van der Waals surface area contributed by atoms with Gasteiger partial charge in [-0.3, -0.25) is 19.2 Å². The van der Waals surface area contributed by atoms with Gasteiger partial charge in [0, 0.05) is 37.4 Å². The normalized spacial score (nSPS) is 13.2. The minimum Gasteiger partial charge on any atom is -0.465 e. The molecule has 0 aliphatic carbocycles. The van der Waals surface area contributed by atoms with Crippen LogP contribution in [0.25, 0.3) is 0 Å². The maximum Gasteiger partial charge on any atom is 0.308 e. The lowest BCUT2D eigenvalue weighted by molar-refractivity contribution is -0.149. The van der Waals surface area contributed by atoms with E-state index >= 15 is 0 Å². The molecule has 2 heterocycles. The molecule has 1 aliphatic heterocycles. The molecule has 0 aromatic carbocycles. The van der Waals surface area contributed by atoms with Crippen LogP contribution in [0.2, 0.25) is 0 Å². The topological polar surface area (TPSA) is 108 Å². The van der Waals surface area contributed by atoms with Crippen molar-refractivity contribution in [2.45, 2.75) is 226 Å². The van der Waals surface area contributed by atoms with E-state index in [1.807, 2.05) is 23.9 Å². The Hall–Kier alpha value is -2.72.